The molecule has 102 valence electrons. The Hall–Kier alpha value is -0.620. The summed E-state index contributed by atoms with van der Waals surface area (Å²) in [4.78, 5) is 4.23. The van der Waals surface area contributed by atoms with E-state index in [0.717, 1.165) is 18.8 Å². The van der Waals surface area contributed by atoms with E-state index in [2.05, 4.69) is 10.1 Å². The third-order valence-electron chi connectivity index (χ3n) is 3.57. The molecule has 18 heavy (non-hydrogen) atoms. The normalized spacial score (nSPS) is 24.2. The standard InChI is InChI=1S/C11H18ClN3O2S/c1-2-15-11(13-8-14-15)5-10(6-12)9-3-4-18(16,17)7-9/h8-10H,2-7H2,1H3. The molecular weight excluding hydrogens is 274 g/mol. The summed E-state index contributed by atoms with van der Waals surface area (Å²) in [5, 5.41) is 4.12. The van der Waals surface area contributed by atoms with Gasteiger partial charge in [-0.25, -0.2) is 13.4 Å². The van der Waals surface area contributed by atoms with Crippen molar-refractivity contribution in [3.8, 4) is 0 Å². The zero-order valence-electron chi connectivity index (χ0n) is 10.4. The second-order valence-electron chi connectivity index (χ2n) is 4.77. The highest BCUT2D eigenvalue weighted by Gasteiger charge is 2.33. The second kappa shape index (κ2) is 5.57. The molecule has 0 aliphatic carbocycles. The lowest BCUT2D eigenvalue weighted by atomic mass is 9.90. The summed E-state index contributed by atoms with van der Waals surface area (Å²) >= 11 is 6.00. The van der Waals surface area contributed by atoms with Crippen molar-refractivity contribution in [2.24, 2.45) is 11.8 Å². The fraction of sp³-hybridized carbons (Fsp3) is 0.818. The lowest BCUT2D eigenvalue weighted by Gasteiger charge is -2.19. The minimum absolute atomic E-state index is 0.162. The molecule has 0 radical (unpaired) electrons. The van der Waals surface area contributed by atoms with Gasteiger partial charge in [-0.1, -0.05) is 0 Å². The molecule has 2 atom stereocenters. The number of hydrogen-bond acceptors (Lipinski definition) is 4. The average Bonchev–Trinajstić information content (AvgIpc) is 2.91. The van der Waals surface area contributed by atoms with Gasteiger partial charge in [-0.3, -0.25) is 4.68 Å². The number of halogens is 1. The molecule has 1 aromatic rings. The number of hydrogen-bond donors (Lipinski definition) is 0. The van der Waals surface area contributed by atoms with Crippen LogP contribution in [0.2, 0.25) is 0 Å². The zero-order chi connectivity index (χ0) is 13.2. The van der Waals surface area contributed by atoms with Gasteiger partial charge in [-0.15, -0.1) is 11.6 Å². The van der Waals surface area contributed by atoms with E-state index in [9.17, 15) is 8.42 Å². The second-order valence-corrected chi connectivity index (χ2v) is 7.31. The van der Waals surface area contributed by atoms with Crippen LogP contribution < -0.4 is 0 Å². The van der Waals surface area contributed by atoms with Crippen LogP contribution in [0.4, 0.5) is 0 Å². The van der Waals surface area contributed by atoms with Crippen LogP contribution in [0.15, 0.2) is 6.33 Å². The van der Waals surface area contributed by atoms with E-state index in [1.54, 1.807) is 0 Å². The minimum atomic E-state index is -2.85. The molecule has 0 spiro atoms. The molecular formula is C11H18ClN3O2S. The Morgan fingerprint density at radius 3 is 2.94 bits per heavy atom. The summed E-state index contributed by atoms with van der Waals surface area (Å²) in [6.07, 6.45) is 2.97. The lowest BCUT2D eigenvalue weighted by molar-refractivity contribution is 0.383. The Bertz CT molecular complexity index is 500. The summed E-state index contributed by atoms with van der Waals surface area (Å²) in [6, 6.07) is 0. The van der Waals surface area contributed by atoms with Crippen molar-refractivity contribution in [1.82, 2.24) is 14.8 Å². The van der Waals surface area contributed by atoms with E-state index in [1.807, 2.05) is 11.6 Å². The Labute approximate surface area is 112 Å². The van der Waals surface area contributed by atoms with Gasteiger partial charge in [0.1, 0.15) is 12.2 Å². The van der Waals surface area contributed by atoms with Crippen molar-refractivity contribution in [2.75, 3.05) is 17.4 Å². The van der Waals surface area contributed by atoms with Crippen molar-refractivity contribution >= 4 is 21.4 Å². The van der Waals surface area contributed by atoms with Gasteiger partial charge in [0.2, 0.25) is 0 Å². The first kappa shape index (κ1) is 13.8. The molecule has 1 aromatic heterocycles. The Morgan fingerprint density at radius 1 is 1.61 bits per heavy atom. The first-order valence-electron chi connectivity index (χ1n) is 6.18. The molecule has 7 heteroatoms. The van der Waals surface area contributed by atoms with Crippen LogP contribution in [0, 0.1) is 11.8 Å². The number of rotatable bonds is 5. The monoisotopic (exact) mass is 291 g/mol. The van der Waals surface area contributed by atoms with Gasteiger partial charge >= 0.3 is 0 Å². The summed E-state index contributed by atoms with van der Waals surface area (Å²) in [6.45, 7) is 2.78. The fourth-order valence-corrected chi connectivity index (χ4v) is 4.77. The molecule has 2 unspecified atom stereocenters. The molecule has 1 aliphatic heterocycles. The SMILES string of the molecule is CCn1ncnc1CC(CCl)C1CCS(=O)(=O)C1. The van der Waals surface area contributed by atoms with E-state index in [0.29, 0.717) is 18.1 Å². The molecule has 5 nitrogen and oxygen atoms in total. The molecule has 1 fully saturated rings. The van der Waals surface area contributed by atoms with E-state index < -0.39 is 9.84 Å². The number of nitrogens with zero attached hydrogens (tertiary/aromatic N) is 3. The maximum absolute atomic E-state index is 11.5. The van der Waals surface area contributed by atoms with E-state index in [4.69, 9.17) is 11.6 Å². The van der Waals surface area contributed by atoms with Crippen LogP contribution in [0.1, 0.15) is 19.2 Å². The smallest absolute Gasteiger partial charge is 0.150 e. The van der Waals surface area contributed by atoms with Crippen LogP contribution in [0.3, 0.4) is 0 Å². The van der Waals surface area contributed by atoms with E-state index in [-0.39, 0.29) is 17.6 Å². The Balaban J connectivity index is 2.06. The fourth-order valence-electron chi connectivity index (χ4n) is 2.49. The van der Waals surface area contributed by atoms with Crippen molar-refractivity contribution < 1.29 is 8.42 Å². The zero-order valence-corrected chi connectivity index (χ0v) is 12.0. The van der Waals surface area contributed by atoms with Gasteiger partial charge in [0.05, 0.1) is 11.5 Å². The third kappa shape index (κ3) is 3.03. The minimum Gasteiger partial charge on any atom is -0.250 e. The highest BCUT2D eigenvalue weighted by atomic mass is 35.5. The van der Waals surface area contributed by atoms with Gasteiger partial charge in [0.15, 0.2) is 9.84 Å². The number of sulfone groups is 1. The van der Waals surface area contributed by atoms with Gasteiger partial charge < -0.3 is 0 Å². The molecule has 2 rings (SSSR count). The molecule has 0 bridgehead atoms. The van der Waals surface area contributed by atoms with Crippen molar-refractivity contribution in [1.29, 1.82) is 0 Å². The molecule has 1 aliphatic rings. The molecule has 0 saturated carbocycles. The quantitative estimate of drug-likeness (QED) is 0.763. The third-order valence-corrected chi connectivity index (χ3v) is 5.76. The highest BCUT2D eigenvalue weighted by molar-refractivity contribution is 7.91. The van der Waals surface area contributed by atoms with Gasteiger partial charge in [0, 0.05) is 18.8 Å². The van der Waals surface area contributed by atoms with E-state index in [1.165, 1.54) is 6.33 Å². The predicted octanol–water partition coefficient (Wildman–Crippen LogP) is 1.13. The topological polar surface area (TPSA) is 64.8 Å². The van der Waals surface area contributed by atoms with Gasteiger partial charge in [-0.2, -0.15) is 5.10 Å². The molecule has 0 aromatic carbocycles. The average molecular weight is 292 g/mol. The maximum Gasteiger partial charge on any atom is 0.150 e. The molecule has 0 N–H and O–H groups in total. The molecule has 0 amide bonds. The number of alkyl halides is 1. The molecule has 2 heterocycles. The van der Waals surface area contributed by atoms with Crippen LogP contribution in [0.25, 0.3) is 0 Å². The molecule has 1 saturated heterocycles. The maximum atomic E-state index is 11.5. The summed E-state index contributed by atoms with van der Waals surface area (Å²) in [7, 11) is -2.85. The Kier molecular flexibility index (Phi) is 4.27. The van der Waals surface area contributed by atoms with Crippen LogP contribution in [0.5, 0.6) is 0 Å². The van der Waals surface area contributed by atoms with Crippen molar-refractivity contribution in [2.45, 2.75) is 26.3 Å². The van der Waals surface area contributed by atoms with Crippen LogP contribution >= 0.6 is 11.6 Å². The number of aromatic nitrogens is 3. The van der Waals surface area contributed by atoms with Crippen molar-refractivity contribution in [3.63, 3.8) is 0 Å². The summed E-state index contributed by atoms with van der Waals surface area (Å²) in [5.41, 5.74) is 0. The largest absolute Gasteiger partial charge is 0.250 e. The first-order chi connectivity index (χ1) is 8.55. The van der Waals surface area contributed by atoms with Crippen molar-refractivity contribution in [3.05, 3.63) is 12.2 Å². The summed E-state index contributed by atoms with van der Waals surface area (Å²) in [5.74, 6) is 2.26. The van der Waals surface area contributed by atoms with Crippen LogP contribution in [-0.2, 0) is 22.8 Å². The number of aryl methyl sites for hydroxylation is 1. The van der Waals surface area contributed by atoms with Gasteiger partial charge in [-0.05, 0) is 25.2 Å². The Morgan fingerprint density at radius 2 is 2.39 bits per heavy atom. The predicted molar refractivity (Wildman–Crippen MR) is 70.4 cm³/mol. The van der Waals surface area contributed by atoms with Gasteiger partial charge in [0.25, 0.3) is 0 Å². The summed E-state index contributed by atoms with van der Waals surface area (Å²) < 4.78 is 24.9. The first-order valence-corrected chi connectivity index (χ1v) is 8.54. The highest BCUT2D eigenvalue weighted by Crippen LogP contribution is 2.29. The van der Waals surface area contributed by atoms with Crippen LogP contribution in [-0.4, -0.2) is 40.6 Å². The van der Waals surface area contributed by atoms with E-state index >= 15 is 0 Å². The lowest BCUT2D eigenvalue weighted by Crippen LogP contribution is -2.22.